The maximum absolute atomic E-state index is 11.7. The van der Waals surface area contributed by atoms with E-state index < -0.39 is 0 Å². The van der Waals surface area contributed by atoms with Crippen molar-refractivity contribution in [2.24, 2.45) is 12.8 Å². The number of hydrogen-bond donors (Lipinski definition) is 1. The quantitative estimate of drug-likeness (QED) is 0.572. The molecule has 0 aromatic carbocycles. The van der Waals surface area contributed by atoms with Gasteiger partial charge in [-0.15, -0.1) is 11.3 Å². The van der Waals surface area contributed by atoms with Crippen LogP contribution in [-0.4, -0.2) is 56.8 Å². The minimum atomic E-state index is -0.259. The number of aromatic nitrogens is 4. The fourth-order valence-electron chi connectivity index (χ4n) is 5.34. The Balaban J connectivity index is 1.50. The van der Waals surface area contributed by atoms with Gasteiger partial charge in [0.2, 0.25) is 11.8 Å². The average Bonchev–Trinajstić information content (AvgIpc) is 3.44. The second kappa shape index (κ2) is 9.02. The third kappa shape index (κ3) is 4.61. The molecule has 176 valence electrons. The Hall–Kier alpha value is -2.52. The van der Waals surface area contributed by atoms with E-state index in [1.54, 1.807) is 16.0 Å². The summed E-state index contributed by atoms with van der Waals surface area (Å²) in [6.45, 7) is 0. The van der Waals surface area contributed by atoms with E-state index in [1.807, 2.05) is 19.4 Å². The average molecular weight is 469 g/mol. The number of primary amides is 1. The molecule has 3 heterocycles. The van der Waals surface area contributed by atoms with Gasteiger partial charge in [-0.05, 0) is 69.7 Å². The van der Waals surface area contributed by atoms with Gasteiger partial charge in [-0.25, -0.2) is 4.98 Å². The minimum Gasteiger partial charge on any atom is -0.474 e. The molecule has 3 aromatic rings. The van der Waals surface area contributed by atoms with E-state index in [4.69, 9.17) is 20.4 Å². The lowest BCUT2D eigenvalue weighted by molar-refractivity contribution is -0.118. The van der Waals surface area contributed by atoms with Gasteiger partial charge in [0.25, 0.3) is 0 Å². The molecule has 33 heavy (non-hydrogen) atoms. The lowest BCUT2D eigenvalue weighted by atomic mass is 9.92. The zero-order chi connectivity index (χ0) is 23.1. The van der Waals surface area contributed by atoms with Gasteiger partial charge in [0, 0.05) is 37.0 Å². The van der Waals surface area contributed by atoms with Gasteiger partial charge in [0.1, 0.15) is 16.8 Å². The van der Waals surface area contributed by atoms with Crippen LogP contribution in [0.25, 0.3) is 10.2 Å². The van der Waals surface area contributed by atoms with Crippen LogP contribution in [0.5, 0.6) is 5.88 Å². The lowest BCUT2D eigenvalue weighted by Gasteiger charge is -2.32. The summed E-state index contributed by atoms with van der Waals surface area (Å²) in [6, 6.07) is 0.613. The lowest BCUT2D eigenvalue weighted by Crippen LogP contribution is -2.35. The summed E-state index contributed by atoms with van der Waals surface area (Å²) in [5.74, 6) is 1.30. The van der Waals surface area contributed by atoms with Crippen LogP contribution in [0.15, 0.2) is 12.4 Å². The molecule has 1 unspecified atom stereocenters. The van der Waals surface area contributed by atoms with E-state index >= 15 is 0 Å². The van der Waals surface area contributed by atoms with E-state index in [0.717, 1.165) is 60.1 Å². The highest BCUT2D eigenvalue weighted by Gasteiger charge is 2.33. The molecule has 2 N–H and O–H groups in total. The van der Waals surface area contributed by atoms with E-state index in [9.17, 15) is 4.79 Å². The van der Waals surface area contributed by atoms with Crippen molar-refractivity contribution in [3.05, 3.63) is 34.2 Å². The Morgan fingerprint density at radius 3 is 2.70 bits per heavy atom. The number of thiophene rings is 1. The second-order valence-corrected chi connectivity index (χ2v) is 10.8. The Morgan fingerprint density at radius 1 is 1.24 bits per heavy atom. The predicted octanol–water partition coefficient (Wildman–Crippen LogP) is 3.17. The van der Waals surface area contributed by atoms with Crippen LogP contribution in [0.2, 0.25) is 0 Å². The number of nitrogens with two attached hydrogens (primary N) is 1. The first-order valence-corrected chi connectivity index (χ1v) is 12.6. The molecule has 1 fully saturated rings. The van der Waals surface area contributed by atoms with Gasteiger partial charge in [-0.1, -0.05) is 0 Å². The Morgan fingerprint density at radius 2 is 2.03 bits per heavy atom. The van der Waals surface area contributed by atoms with Crippen molar-refractivity contribution in [1.82, 2.24) is 24.6 Å². The van der Waals surface area contributed by atoms with Crippen LogP contribution < -0.4 is 10.5 Å². The van der Waals surface area contributed by atoms with E-state index in [2.05, 4.69) is 24.1 Å². The first-order chi connectivity index (χ1) is 15.9. The summed E-state index contributed by atoms with van der Waals surface area (Å²) in [6.07, 6.45) is 11.2. The van der Waals surface area contributed by atoms with Crippen molar-refractivity contribution in [1.29, 1.82) is 0 Å². The maximum atomic E-state index is 11.7. The molecule has 2 aliphatic carbocycles. The number of nitrogens with zero attached hydrogens (tertiary/aromatic N) is 5. The number of carbonyl (C=O) groups is 1. The third-order valence-corrected chi connectivity index (χ3v) is 8.19. The summed E-state index contributed by atoms with van der Waals surface area (Å²) < 4.78 is 8.41. The number of amides is 1. The predicted molar refractivity (Wildman–Crippen MR) is 129 cm³/mol. The van der Waals surface area contributed by atoms with Crippen LogP contribution in [0.3, 0.4) is 0 Å². The monoisotopic (exact) mass is 468 g/mol. The van der Waals surface area contributed by atoms with Crippen LogP contribution >= 0.6 is 11.3 Å². The number of hydrogen-bond acceptors (Lipinski definition) is 7. The number of fused-ring (bicyclic) bond motifs is 3. The summed E-state index contributed by atoms with van der Waals surface area (Å²) in [7, 11) is 6.21. The SMILES string of the molecule is CN(C)C1CCC(Oc2nc(Cc3cnn(C)c3)nc3sc4c(c23)C(CC(N)=O)CC4)CC1. The van der Waals surface area contributed by atoms with Gasteiger partial charge >= 0.3 is 0 Å². The number of aryl methyl sites for hydroxylation is 2. The van der Waals surface area contributed by atoms with Crippen LogP contribution in [0.1, 0.15) is 66.3 Å². The first kappa shape index (κ1) is 22.3. The topological polar surface area (TPSA) is 99.2 Å². The minimum absolute atomic E-state index is 0.130. The Labute approximate surface area is 198 Å². The number of ether oxygens (including phenoxy) is 1. The van der Waals surface area contributed by atoms with E-state index in [0.29, 0.717) is 24.8 Å². The molecule has 9 heteroatoms. The van der Waals surface area contributed by atoms with E-state index in [1.165, 1.54) is 10.4 Å². The van der Waals surface area contributed by atoms with Crippen molar-refractivity contribution in [3.63, 3.8) is 0 Å². The number of rotatable bonds is 7. The molecule has 5 rings (SSSR count). The standard InChI is InChI=1S/C24H32N6O2S/c1-29(2)16-5-7-17(8-6-16)32-23-22-21-15(11-19(25)31)4-9-18(21)33-24(22)28-20(27-23)10-14-12-26-30(3)13-14/h12-13,15-17H,4-11H2,1-3H3,(H2,25,31). The molecule has 2 aliphatic rings. The fraction of sp³-hybridized carbons (Fsp3) is 0.583. The molecule has 0 saturated heterocycles. The highest BCUT2D eigenvalue weighted by Crippen LogP contribution is 2.47. The fourth-order valence-corrected chi connectivity index (χ4v) is 6.62. The second-order valence-electron chi connectivity index (χ2n) is 9.68. The van der Waals surface area contributed by atoms with Crippen molar-refractivity contribution >= 4 is 27.5 Å². The Kier molecular flexibility index (Phi) is 6.09. The van der Waals surface area contributed by atoms with Crippen LogP contribution in [0.4, 0.5) is 0 Å². The molecule has 0 bridgehead atoms. The summed E-state index contributed by atoms with van der Waals surface area (Å²) in [5.41, 5.74) is 7.84. The summed E-state index contributed by atoms with van der Waals surface area (Å²) in [5, 5.41) is 5.28. The van der Waals surface area contributed by atoms with Gasteiger partial charge in [0.05, 0.1) is 11.6 Å². The molecule has 3 aromatic heterocycles. The van der Waals surface area contributed by atoms with Gasteiger partial charge < -0.3 is 15.4 Å². The van der Waals surface area contributed by atoms with Crippen molar-refractivity contribution in [3.8, 4) is 5.88 Å². The molecule has 0 aliphatic heterocycles. The van der Waals surface area contributed by atoms with Crippen molar-refractivity contribution in [2.45, 2.75) is 69.4 Å². The molecule has 1 atom stereocenters. The van der Waals surface area contributed by atoms with Gasteiger partial charge in [-0.2, -0.15) is 10.1 Å². The highest BCUT2D eigenvalue weighted by atomic mass is 32.1. The van der Waals surface area contributed by atoms with Crippen molar-refractivity contribution < 1.29 is 9.53 Å². The molecule has 8 nitrogen and oxygen atoms in total. The summed E-state index contributed by atoms with van der Waals surface area (Å²) in [4.78, 5) is 26.1. The molecule has 1 amide bonds. The Bertz CT molecular complexity index is 1160. The molecular formula is C24H32N6O2S. The first-order valence-electron chi connectivity index (χ1n) is 11.8. The molecule has 0 radical (unpaired) electrons. The van der Waals surface area contributed by atoms with E-state index in [-0.39, 0.29) is 17.9 Å². The largest absolute Gasteiger partial charge is 0.474 e. The van der Waals surface area contributed by atoms with Crippen LogP contribution in [0, 0.1) is 0 Å². The molecule has 0 spiro atoms. The molecule has 1 saturated carbocycles. The van der Waals surface area contributed by atoms with Crippen LogP contribution in [-0.2, 0) is 24.7 Å². The zero-order valence-corrected chi connectivity index (χ0v) is 20.4. The highest BCUT2D eigenvalue weighted by molar-refractivity contribution is 7.19. The molecular weight excluding hydrogens is 436 g/mol. The zero-order valence-electron chi connectivity index (χ0n) is 19.6. The van der Waals surface area contributed by atoms with Gasteiger partial charge in [0.15, 0.2) is 0 Å². The van der Waals surface area contributed by atoms with Gasteiger partial charge in [-0.3, -0.25) is 9.48 Å². The number of carbonyl (C=O) groups excluding carboxylic acids is 1. The van der Waals surface area contributed by atoms with Crippen molar-refractivity contribution in [2.75, 3.05) is 14.1 Å². The summed E-state index contributed by atoms with van der Waals surface area (Å²) >= 11 is 1.72. The normalized spacial score (nSPS) is 22.7. The smallest absolute Gasteiger partial charge is 0.226 e. The maximum Gasteiger partial charge on any atom is 0.226 e. The third-order valence-electron chi connectivity index (χ3n) is 7.03.